The highest BCUT2D eigenvalue weighted by molar-refractivity contribution is 5.78. The van der Waals surface area contributed by atoms with Crippen molar-refractivity contribution < 1.29 is 14.6 Å². The minimum absolute atomic E-state index is 0.0728. The minimum Gasteiger partial charge on any atom is -0.479 e. The fraction of sp³-hybridized carbons (Fsp3) is 0.500. The molecule has 0 fully saturated rings. The van der Waals surface area contributed by atoms with Gasteiger partial charge in [0.15, 0.2) is 5.60 Å². The van der Waals surface area contributed by atoms with Crippen LogP contribution in [0.3, 0.4) is 0 Å². The molecule has 0 bridgehead atoms. The normalized spacial score (nSPS) is 23.5. The van der Waals surface area contributed by atoms with Gasteiger partial charge < -0.3 is 9.84 Å². The summed E-state index contributed by atoms with van der Waals surface area (Å²) < 4.78 is 5.70. The molecule has 1 aliphatic rings. The number of carboxylic acid groups (broad SMARTS) is 1. The Morgan fingerprint density at radius 1 is 1.35 bits per heavy atom. The molecule has 0 heterocycles. The lowest BCUT2D eigenvalue weighted by molar-refractivity contribution is -0.173. The van der Waals surface area contributed by atoms with Crippen LogP contribution in [0, 0.1) is 0 Å². The Labute approximate surface area is 101 Å². The maximum absolute atomic E-state index is 11.5. The van der Waals surface area contributed by atoms with E-state index in [1.807, 2.05) is 32.0 Å². The van der Waals surface area contributed by atoms with Gasteiger partial charge in [-0.3, -0.25) is 0 Å². The predicted molar refractivity (Wildman–Crippen MR) is 65.1 cm³/mol. The highest BCUT2D eigenvalue weighted by Crippen LogP contribution is 2.32. The summed E-state index contributed by atoms with van der Waals surface area (Å²) in [6.45, 7) is 3.76. The van der Waals surface area contributed by atoms with E-state index >= 15 is 0 Å². The molecule has 1 atom stereocenters. The van der Waals surface area contributed by atoms with E-state index in [-0.39, 0.29) is 6.10 Å². The molecule has 1 unspecified atom stereocenters. The summed E-state index contributed by atoms with van der Waals surface area (Å²) in [4.78, 5) is 11.5. The first-order valence-corrected chi connectivity index (χ1v) is 6.01. The molecule has 2 rings (SSSR count). The number of carbonyl (C=O) groups is 1. The third-order valence-corrected chi connectivity index (χ3v) is 3.24. The van der Waals surface area contributed by atoms with Crippen molar-refractivity contribution in [2.24, 2.45) is 0 Å². The van der Waals surface area contributed by atoms with Crippen molar-refractivity contribution in [3.63, 3.8) is 0 Å². The molecule has 1 aliphatic carbocycles. The fourth-order valence-corrected chi connectivity index (χ4v) is 2.49. The van der Waals surface area contributed by atoms with Crippen molar-refractivity contribution in [3.05, 3.63) is 35.4 Å². The highest BCUT2D eigenvalue weighted by atomic mass is 16.5. The third kappa shape index (κ3) is 2.34. The van der Waals surface area contributed by atoms with Crippen molar-refractivity contribution in [3.8, 4) is 0 Å². The zero-order valence-electron chi connectivity index (χ0n) is 10.3. The largest absolute Gasteiger partial charge is 0.479 e. The number of carboxylic acids is 1. The SMILES string of the molecule is CC(C)OC1(C(=O)O)CCc2ccccc2C1. The van der Waals surface area contributed by atoms with Crippen LogP contribution in [0.15, 0.2) is 24.3 Å². The summed E-state index contributed by atoms with van der Waals surface area (Å²) in [6, 6.07) is 8.01. The number of ether oxygens (including phenoxy) is 1. The maximum atomic E-state index is 11.5. The second-order valence-corrected chi connectivity index (χ2v) is 4.91. The van der Waals surface area contributed by atoms with Crippen molar-refractivity contribution in [1.82, 2.24) is 0 Å². The highest BCUT2D eigenvalue weighted by Gasteiger charge is 2.43. The Bertz CT molecular complexity index is 425. The molecule has 0 saturated heterocycles. The summed E-state index contributed by atoms with van der Waals surface area (Å²) in [6.07, 6.45) is 1.72. The summed E-state index contributed by atoms with van der Waals surface area (Å²) in [5.74, 6) is -0.847. The van der Waals surface area contributed by atoms with Crippen molar-refractivity contribution in [2.45, 2.75) is 44.8 Å². The number of fused-ring (bicyclic) bond motifs is 1. The van der Waals surface area contributed by atoms with E-state index < -0.39 is 11.6 Å². The van der Waals surface area contributed by atoms with Crippen molar-refractivity contribution in [2.75, 3.05) is 0 Å². The van der Waals surface area contributed by atoms with Gasteiger partial charge in [0, 0.05) is 6.42 Å². The van der Waals surface area contributed by atoms with Gasteiger partial charge in [-0.1, -0.05) is 24.3 Å². The molecule has 1 aromatic rings. The molecule has 0 radical (unpaired) electrons. The van der Waals surface area contributed by atoms with Crippen LogP contribution in [0.5, 0.6) is 0 Å². The lowest BCUT2D eigenvalue weighted by atomic mass is 9.80. The molecule has 1 aromatic carbocycles. The van der Waals surface area contributed by atoms with E-state index in [1.54, 1.807) is 0 Å². The topological polar surface area (TPSA) is 46.5 Å². The van der Waals surface area contributed by atoms with Gasteiger partial charge >= 0.3 is 5.97 Å². The molecule has 0 spiro atoms. The summed E-state index contributed by atoms with van der Waals surface area (Å²) >= 11 is 0. The van der Waals surface area contributed by atoms with E-state index in [1.165, 1.54) is 5.56 Å². The van der Waals surface area contributed by atoms with E-state index in [4.69, 9.17) is 4.74 Å². The second-order valence-electron chi connectivity index (χ2n) is 4.91. The van der Waals surface area contributed by atoms with Gasteiger partial charge in [0.05, 0.1) is 6.10 Å². The fourth-order valence-electron chi connectivity index (χ4n) is 2.49. The van der Waals surface area contributed by atoms with Gasteiger partial charge in [0.2, 0.25) is 0 Å². The zero-order chi connectivity index (χ0) is 12.5. The number of rotatable bonds is 3. The summed E-state index contributed by atoms with van der Waals surface area (Å²) in [5.41, 5.74) is 1.31. The first-order valence-electron chi connectivity index (χ1n) is 6.01. The monoisotopic (exact) mass is 234 g/mol. The van der Waals surface area contributed by atoms with E-state index in [0.29, 0.717) is 12.8 Å². The van der Waals surface area contributed by atoms with Crippen LogP contribution >= 0.6 is 0 Å². The number of hydrogen-bond donors (Lipinski definition) is 1. The lowest BCUT2D eigenvalue weighted by Gasteiger charge is -2.35. The molecular weight excluding hydrogens is 216 g/mol. The minimum atomic E-state index is -1.04. The van der Waals surface area contributed by atoms with Gasteiger partial charge in [-0.15, -0.1) is 0 Å². The molecule has 17 heavy (non-hydrogen) atoms. The van der Waals surface area contributed by atoms with Crippen LogP contribution in [0.4, 0.5) is 0 Å². The van der Waals surface area contributed by atoms with Crippen LogP contribution in [0.1, 0.15) is 31.4 Å². The number of hydrogen-bond acceptors (Lipinski definition) is 2. The predicted octanol–water partition coefficient (Wildman–Crippen LogP) is 2.42. The van der Waals surface area contributed by atoms with Gasteiger partial charge in [0.1, 0.15) is 0 Å². The van der Waals surface area contributed by atoms with Gasteiger partial charge in [-0.25, -0.2) is 4.79 Å². The Morgan fingerprint density at radius 3 is 2.59 bits per heavy atom. The van der Waals surface area contributed by atoms with Gasteiger partial charge in [0.25, 0.3) is 0 Å². The second kappa shape index (κ2) is 4.49. The molecular formula is C14H18O3. The molecule has 3 nitrogen and oxygen atoms in total. The molecule has 92 valence electrons. The van der Waals surface area contributed by atoms with Crippen molar-refractivity contribution >= 4 is 5.97 Å². The number of benzene rings is 1. The Morgan fingerprint density at radius 2 is 2.00 bits per heavy atom. The Kier molecular flexibility index (Phi) is 3.20. The third-order valence-electron chi connectivity index (χ3n) is 3.24. The lowest BCUT2D eigenvalue weighted by Crippen LogP contribution is -2.48. The van der Waals surface area contributed by atoms with Gasteiger partial charge in [-0.2, -0.15) is 0 Å². The molecule has 1 N–H and O–H groups in total. The van der Waals surface area contributed by atoms with Gasteiger partial charge in [-0.05, 0) is 37.8 Å². The van der Waals surface area contributed by atoms with E-state index in [0.717, 1.165) is 12.0 Å². The van der Waals surface area contributed by atoms with E-state index in [2.05, 4.69) is 6.07 Å². The summed E-state index contributed by atoms with van der Waals surface area (Å²) in [7, 11) is 0. The van der Waals surface area contributed by atoms with Crippen LogP contribution in [-0.4, -0.2) is 22.8 Å². The smallest absolute Gasteiger partial charge is 0.336 e. The Hall–Kier alpha value is -1.35. The zero-order valence-corrected chi connectivity index (χ0v) is 10.3. The molecule has 0 aromatic heterocycles. The average molecular weight is 234 g/mol. The van der Waals surface area contributed by atoms with Crippen LogP contribution in [0.2, 0.25) is 0 Å². The number of aliphatic carboxylic acids is 1. The van der Waals surface area contributed by atoms with Crippen LogP contribution < -0.4 is 0 Å². The molecule has 0 saturated carbocycles. The average Bonchev–Trinajstić information content (AvgIpc) is 2.27. The summed E-state index contributed by atoms with van der Waals surface area (Å²) in [5, 5.41) is 9.44. The first-order chi connectivity index (χ1) is 8.03. The Balaban J connectivity index is 2.31. The molecule has 3 heteroatoms. The quantitative estimate of drug-likeness (QED) is 0.873. The van der Waals surface area contributed by atoms with Crippen molar-refractivity contribution in [1.29, 1.82) is 0 Å². The maximum Gasteiger partial charge on any atom is 0.336 e. The first kappa shape index (κ1) is 12.1. The van der Waals surface area contributed by atoms with Crippen LogP contribution in [-0.2, 0) is 22.4 Å². The van der Waals surface area contributed by atoms with E-state index in [9.17, 15) is 9.90 Å². The molecule has 0 aliphatic heterocycles. The van der Waals surface area contributed by atoms with Crippen LogP contribution in [0.25, 0.3) is 0 Å². The standard InChI is InChI=1S/C14H18O3/c1-10(2)17-14(13(15)16)8-7-11-5-3-4-6-12(11)9-14/h3-6,10H,7-9H2,1-2H3,(H,15,16). The number of aryl methyl sites for hydroxylation is 1. The molecule has 0 amide bonds.